The fraction of sp³-hybridized carbons (Fsp3) is 0.333. The Morgan fingerprint density at radius 2 is 1.88 bits per heavy atom. The van der Waals surface area contributed by atoms with E-state index >= 15 is 0 Å². The Balaban J connectivity index is 1.42. The number of aromatic nitrogens is 3. The van der Waals surface area contributed by atoms with E-state index in [1.807, 2.05) is 48.5 Å². The molecule has 0 radical (unpaired) electrons. The Kier molecular flexibility index (Phi) is 8.01. The van der Waals surface area contributed by atoms with Crippen LogP contribution in [0.4, 0.5) is 0 Å². The number of carbonyl (C=O) groups excluding carboxylic acids is 1. The van der Waals surface area contributed by atoms with E-state index in [4.69, 9.17) is 16.3 Å². The molecule has 0 saturated heterocycles. The molecule has 1 saturated carbocycles. The van der Waals surface area contributed by atoms with Crippen LogP contribution in [0.5, 0.6) is 5.75 Å². The second-order valence-electron chi connectivity index (χ2n) is 7.83. The second-order valence-corrected chi connectivity index (χ2v) is 9.21. The van der Waals surface area contributed by atoms with Crippen molar-refractivity contribution in [3.63, 3.8) is 0 Å². The van der Waals surface area contributed by atoms with E-state index in [2.05, 4.69) is 25.3 Å². The third kappa shape index (κ3) is 6.15. The van der Waals surface area contributed by atoms with Crippen LogP contribution in [0.2, 0.25) is 5.02 Å². The van der Waals surface area contributed by atoms with Gasteiger partial charge in [0.25, 0.3) is 5.91 Å². The molecule has 1 aliphatic carbocycles. The third-order valence-corrected chi connectivity index (χ3v) is 6.75. The van der Waals surface area contributed by atoms with Gasteiger partial charge in [0, 0.05) is 16.6 Å². The van der Waals surface area contributed by atoms with Crippen molar-refractivity contribution in [3.8, 4) is 17.1 Å². The van der Waals surface area contributed by atoms with Gasteiger partial charge in [-0.3, -0.25) is 9.36 Å². The average Bonchev–Trinajstić information content (AvgIpc) is 3.28. The van der Waals surface area contributed by atoms with Gasteiger partial charge in [0.2, 0.25) is 0 Å². The highest BCUT2D eigenvalue weighted by molar-refractivity contribution is 7.99. The normalized spacial score (nSPS) is 14.5. The number of methoxy groups -OCH3 is 1. The number of amides is 1. The van der Waals surface area contributed by atoms with Crippen LogP contribution in [-0.4, -0.2) is 39.7 Å². The monoisotopic (exact) mass is 483 g/mol. The molecule has 1 heterocycles. The van der Waals surface area contributed by atoms with Crippen LogP contribution in [0, 0.1) is 0 Å². The zero-order valence-electron chi connectivity index (χ0n) is 18.4. The van der Waals surface area contributed by atoms with Gasteiger partial charge < -0.3 is 4.74 Å². The summed E-state index contributed by atoms with van der Waals surface area (Å²) < 4.78 is 7.33. The van der Waals surface area contributed by atoms with Crippen molar-refractivity contribution in [3.05, 3.63) is 59.1 Å². The minimum atomic E-state index is -0.198. The van der Waals surface area contributed by atoms with Crippen LogP contribution in [0.1, 0.15) is 43.7 Å². The molecule has 1 N–H and O–H groups in total. The first kappa shape index (κ1) is 23.3. The summed E-state index contributed by atoms with van der Waals surface area (Å²) in [5.41, 5.74) is 4.42. The number of nitrogens with zero attached hydrogens (tertiary/aromatic N) is 4. The maximum Gasteiger partial charge on any atom is 0.250 e. The van der Waals surface area contributed by atoms with Gasteiger partial charge in [0.15, 0.2) is 11.0 Å². The molecule has 2 aromatic carbocycles. The van der Waals surface area contributed by atoms with Crippen molar-refractivity contribution in [2.24, 2.45) is 5.10 Å². The molecule has 33 heavy (non-hydrogen) atoms. The predicted molar refractivity (Wildman–Crippen MR) is 132 cm³/mol. The lowest BCUT2D eigenvalue weighted by atomic mass is 9.95. The van der Waals surface area contributed by atoms with Crippen molar-refractivity contribution in [1.82, 2.24) is 20.2 Å². The first-order valence-corrected chi connectivity index (χ1v) is 12.3. The lowest BCUT2D eigenvalue weighted by molar-refractivity contribution is -0.118. The van der Waals surface area contributed by atoms with E-state index in [1.54, 1.807) is 13.3 Å². The van der Waals surface area contributed by atoms with E-state index in [-0.39, 0.29) is 11.7 Å². The van der Waals surface area contributed by atoms with Crippen LogP contribution in [0.3, 0.4) is 0 Å². The van der Waals surface area contributed by atoms with Crippen LogP contribution in [-0.2, 0) is 4.79 Å². The second kappa shape index (κ2) is 11.3. The Morgan fingerprint density at radius 3 is 2.58 bits per heavy atom. The standard InChI is InChI=1S/C24H26ClN5O2S/c1-32-21-13-7-17(8-14-21)15-26-27-22(31)16-33-24-29-28-23(18-9-11-19(25)12-10-18)30(24)20-5-3-2-4-6-20/h7-15,20H,2-6,16H2,1H3,(H,27,31)/b26-15+. The smallest absolute Gasteiger partial charge is 0.250 e. The highest BCUT2D eigenvalue weighted by atomic mass is 35.5. The minimum Gasteiger partial charge on any atom is -0.497 e. The molecule has 7 nitrogen and oxygen atoms in total. The van der Waals surface area contributed by atoms with Crippen molar-refractivity contribution in [1.29, 1.82) is 0 Å². The molecule has 4 rings (SSSR count). The summed E-state index contributed by atoms with van der Waals surface area (Å²) in [6.07, 6.45) is 7.41. The Hall–Kier alpha value is -2.84. The maximum absolute atomic E-state index is 12.4. The van der Waals surface area contributed by atoms with Gasteiger partial charge in [-0.15, -0.1) is 10.2 Å². The van der Waals surface area contributed by atoms with Crippen molar-refractivity contribution in [2.75, 3.05) is 12.9 Å². The molecule has 0 aliphatic heterocycles. The fourth-order valence-electron chi connectivity index (χ4n) is 3.87. The Labute approximate surface area is 202 Å². The van der Waals surface area contributed by atoms with Gasteiger partial charge in [-0.05, 0) is 66.9 Å². The molecule has 1 fully saturated rings. The van der Waals surface area contributed by atoms with Crippen molar-refractivity contribution < 1.29 is 9.53 Å². The van der Waals surface area contributed by atoms with Crippen molar-refractivity contribution in [2.45, 2.75) is 43.3 Å². The van der Waals surface area contributed by atoms with Crippen LogP contribution in [0.25, 0.3) is 11.4 Å². The molecule has 0 bridgehead atoms. The molecular weight excluding hydrogens is 458 g/mol. The van der Waals surface area contributed by atoms with Gasteiger partial charge in [0.05, 0.1) is 19.1 Å². The minimum absolute atomic E-state index is 0.198. The number of hydrogen-bond acceptors (Lipinski definition) is 6. The predicted octanol–water partition coefficient (Wildman–Crippen LogP) is 5.35. The van der Waals surface area contributed by atoms with E-state index in [9.17, 15) is 4.79 Å². The van der Waals surface area contributed by atoms with E-state index < -0.39 is 0 Å². The number of benzene rings is 2. The quantitative estimate of drug-likeness (QED) is 0.265. The summed E-state index contributed by atoms with van der Waals surface area (Å²) in [7, 11) is 1.62. The van der Waals surface area contributed by atoms with E-state index in [1.165, 1.54) is 31.0 Å². The van der Waals surface area contributed by atoms with Gasteiger partial charge in [-0.25, -0.2) is 5.43 Å². The average molecular weight is 484 g/mol. The molecule has 0 atom stereocenters. The largest absolute Gasteiger partial charge is 0.497 e. The summed E-state index contributed by atoms with van der Waals surface area (Å²) >= 11 is 7.44. The molecule has 1 aliphatic rings. The summed E-state index contributed by atoms with van der Waals surface area (Å²) in [5, 5.41) is 14.4. The van der Waals surface area contributed by atoms with Crippen molar-refractivity contribution >= 4 is 35.5 Å². The number of ether oxygens (including phenoxy) is 1. The molecule has 1 aromatic heterocycles. The number of thioether (sulfide) groups is 1. The Morgan fingerprint density at radius 1 is 1.15 bits per heavy atom. The fourth-order valence-corrected chi connectivity index (χ4v) is 4.79. The summed E-state index contributed by atoms with van der Waals surface area (Å²) in [4.78, 5) is 12.4. The number of nitrogens with one attached hydrogen (secondary N) is 1. The first-order chi connectivity index (χ1) is 16.1. The number of halogens is 1. The number of hydrazone groups is 1. The van der Waals surface area contributed by atoms with Gasteiger partial charge in [-0.1, -0.05) is 42.6 Å². The molecule has 0 unspecified atom stereocenters. The van der Waals surface area contributed by atoms with E-state index in [0.717, 1.165) is 40.7 Å². The molecule has 0 spiro atoms. The highest BCUT2D eigenvalue weighted by Gasteiger charge is 2.24. The number of carbonyl (C=O) groups is 1. The Bertz CT molecular complexity index is 1090. The molecule has 9 heteroatoms. The number of rotatable bonds is 8. The van der Waals surface area contributed by atoms with E-state index in [0.29, 0.717) is 11.1 Å². The first-order valence-electron chi connectivity index (χ1n) is 10.9. The third-order valence-electron chi connectivity index (χ3n) is 5.56. The van der Waals surface area contributed by atoms with Crippen LogP contribution >= 0.6 is 23.4 Å². The van der Waals surface area contributed by atoms with Gasteiger partial charge in [-0.2, -0.15) is 5.10 Å². The lowest BCUT2D eigenvalue weighted by Gasteiger charge is -2.25. The summed E-state index contributed by atoms with van der Waals surface area (Å²) in [5.74, 6) is 1.59. The zero-order chi connectivity index (χ0) is 23.0. The molecule has 3 aromatic rings. The highest BCUT2D eigenvalue weighted by Crippen LogP contribution is 2.35. The zero-order valence-corrected chi connectivity index (χ0v) is 20.0. The molecule has 1 amide bonds. The summed E-state index contributed by atoms with van der Waals surface area (Å²) in [6.45, 7) is 0. The SMILES string of the molecule is COc1ccc(/C=N/NC(=O)CSc2nnc(-c3ccc(Cl)cc3)n2C2CCCCC2)cc1. The van der Waals surface area contributed by atoms with Crippen LogP contribution in [0.15, 0.2) is 58.8 Å². The lowest BCUT2D eigenvalue weighted by Crippen LogP contribution is -2.20. The van der Waals surface area contributed by atoms with Crippen LogP contribution < -0.4 is 10.2 Å². The maximum atomic E-state index is 12.4. The molecular formula is C24H26ClN5O2S. The summed E-state index contributed by atoms with van der Waals surface area (Å²) in [6, 6.07) is 15.4. The van der Waals surface area contributed by atoms with Gasteiger partial charge >= 0.3 is 0 Å². The number of hydrogen-bond donors (Lipinski definition) is 1. The van der Waals surface area contributed by atoms with Gasteiger partial charge in [0.1, 0.15) is 5.75 Å². The molecule has 172 valence electrons. The topological polar surface area (TPSA) is 81.4 Å².